The highest BCUT2D eigenvalue weighted by Gasteiger charge is 2.31. The summed E-state index contributed by atoms with van der Waals surface area (Å²) in [7, 11) is 1.41. The third-order valence-electron chi connectivity index (χ3n) is 3.71. The number of rotatable bonds is 6. The number of hydrogen-bond acceptors (Lipinski definition) is 3. The van der Waals surface area contributed by atoms with Gasteiger partial charge in [-0.3, -0.25) is 4.79 Å². The number of alkyl halides is 3. The Labute approximate surface area is 143 Å². The molecule has 0 aliphatic rings. The van der Waals surface area contributed by atoms with Crippen molar-refractivity contribution in [1.82, 2.24) is 5.32 Å². The van der Waals surface area contributed by atoms with Gasteiger partial charge in [0.1, 0.15) is 6.04 Å². The van der Waals surface area contributed by atoms with Crippen LogP contribution in [0.2, 0.25) is 0 Å². The van der Waals surface area contributed by atoms with Crippen LogP contribution in [0.1, 0.15) is 28.8 Å². The van der Waals surface area contributed by atoms with E-state index in [0.29, 0.717) is 11.1 Å². The average molecular weight is 352 g/mol. The zero-order chi connectivity index (χ0) is 18.4. The normalized spacial score (nSPS) is 14.0. The zero-order valence-electron chi connectivity index (χ0n) is 13.6. The monoisotopic (exact) mass is 352 g/mol. The third kappa shape index (κ3) is 5.04. The van der Waals surface area contributed by atoms with Crippen molar-refractivity contribution in [3.63, 3.8) is 0 Å². The van der Waals surface area contributed by atoms with Crippen LogP contribution in [0.4, 0.5) is 13.2 Å². The van der Waals surface area contributed by atoms with Crippen LogP contribution in [0.5, 0.6) is 0 Å². The highest BCUT2D eigenvalue weighted by atomic mass is 19.4. The Kier molecular flexibility index (Phi) is 6.17. The predicted octanol–water partition coefficient (Wildman–Crippen LogP) is 3.21. The zero-order valence-corrected chi connectivity index (χ0v) is 13.6. The first-order chi connectivity index (χ1) is 11.8. The molecule has 0 saturated heterocycles. The van der Waals surface area contributed by atoms with Crippen molar-refractivity contribution in [2.24, 2.45) is 5.73 Å². The maximum absolute atomic E-state index is 12.9. The average Bonchev–Trinajstić information content (AvgIpc) is 2.60. The Morgan fingerprint density at radius 1 is 1.12 bits per heavy atom. The highest BCUT2D eigenvalue weighted by Crippen LogP contribution is 2.31. The second-order valence-corrected chi connectivity index (χ2v) is 5.53. The fourth-order valence-corrected chi connectivity index (χ4v) is 2.39. The summed E-state index contributed by atoms with van der Waals surface area (Å²) in [6, 6.07) is 11.8. The molecule has 0 aromatic heterocycles. The minimum atomic E-state index is -4.46. The lowest BCUT2D eigenvalue weighted by Crippen LogP contribution is -2.38. The first-order valence-electron chi connectivity index (χ1n) is 7.60. The van der Waals surface area contributed by atoms with Crippen molar-refractivity contribution < 1.29 is 22.7 Å². The van der Waals surface area contributed by atoms with E-state index < -0.39 is 29.7 Å². The number of carbonyl (C=O) groups excluding carboxylic acids is 1. The summed E-state index contributed by atoms with van der Waals surface area (Å²) in [5, 5.41) is 2.65. The Hall–Kier alpha value is -2.38. The molecule has 0 spiro atoms. The molecule has 7 heteroatoms. The molecule has 4 nitrogen and oxygen atoms in total. The van der Waals surface area contributed by atoms with Crippen molar-refractivity contribution in [3.05, 3.63) is 71.3 Å². The van der Waals surface area contributed by atoms with Crippen molar-refractivity contribution in [1.29, 1.82) is 0 Å². The number of nitrogens with two attached hydrogens (primary N) is 1. The van der Waals surface area contributed by atoms with E-state index >= 15 is 0 Å². The molecule has 1 amide bonds. The van der Waals surface area contributed by atoms with Gasteiger partial charge in [0.05, 0.1) is 18.2 Å². The molecule has 2 atom stereocenters. The highest BCUT2D eigenvalue weighted by molar-refractivity contribution is 5.83. The lowest BCUT2D eigenvalue weighted by Gasteiger charge is -2.22. The minimum absolute atomic E-state index is 0.0224. The molecular weight excluding hydrogens is 333 g/mol. The van der Waals surface area contributed by atoms with Crippen molar-refractivity contribution >= 4 is 5.91 Å². The maximum atomic E-state index is 12.9. The second-order valence-electron chi connectivity index (χ2n) is 5.53. The molecule has 0 aliphatic carbocycles. The summed E-state index contributed by atoms with van der Waals surface area (Å²) >= 11 is 0. The van der Waals surface area contributed by atoms with Crippen molar-refractivity contribution in [2.45, 2.75) is 18.3 Å². The lowest BCUT2D eigenvalue weighted by molar-refractivity contribution is -0.137. The summed E-state index contributed by atoms with van der Waals surface area (Å²) < 4.78 is 43.7. The topological polar surface area (TPSA) is 64.3 Å². The molecule has 25 heavy (non-hydrogen) atoms. The van der Waals surface area contributed by atoms with Crippen LogP contribution in [-0.2, 0) is 15.7 Å². The van der Waals surface area contributed by atoms with Gasteiger partial charge in [-0.2, -0.15) is 13.2 Å². The van der Waals surface area contributed by atoms with Crippen LogP contribution >= 0.6 is 0 Å². The summed E-state index contributed by atoms with van der Waals surface area (Å²) in [5.41, 5.74) is 6.05. The van der Waals surface area contributed by atoms with Gasteiger partial charge in [0.2, 0.25) is 5.91 Å². The molecule has 2 rings (SSSR count). The molecule has 0 saturated carbocycles. The number of carbonyl (C=O) groups is 1. The van der Waals surface area contributed by atoms with Gasteiger partial charge in [0, 0.05) is 7.11 Å². The molecule has 2 aromatic rings. The molecule has 0 radical (unpaired) electrons. The van der Waals surface area contributed by atoms with Crippen LogP contribution in [0.15, 0.2) is 54.6 Å². The van der Waals surface area contributed by atoms with E-state index in [0.717, 1.165) is 12.1 Å². The Balaban J connectivity index is 2.20. The Bertz CT molecular complexity index is 705. The van der Waals surface area contributed by atoms with Gasteiger partial charge in [-0.15, -0.1) is 0 Å². The van der Waals surface area contributed by atoms with E-state index in [1.165, 1.54) is 19.2 Å². The van der Waals surface area contributed by atoms with Gasteiger partial charge < -0.3 is 15.8 Å². The molecule has 2 aromatic carbocycles. The van der Waals surface area contributed by atoms with Crippen molar-refractivity contribution in [2.75, 3.05) is 13.7 Å². The number of amides is 1. The number of nitrogens with one attached hydrogen (secondary N) is 1. The smallest absolute Gasteiger partial charge is 0.382 e. The van der Waals surface area contributed by atoms with Gasteiger partial charge in [0.25, 0.3) is 0 Å². The maximum Gasteiger partial charge on any atom is 0.416 e. The number of benzene rings is 2. The molecule has 2 unspecified atom stereocenters. The Morgan fingerprint density at radius 2 is 1.76 bits per heavy atom. The summed E-state index contributed by atoms with van der Waals surface area (Å²) in [4.78, 5) is 12.4. The van der Waals surface area contributed by atoms with Crippen LogP contribution in [-0.4, -0.2) is 19.6 Å². The number of halogens is 3. The molecule has 0 fully saturated rings. The Morgan fingerprint density at radius 3 is 2.36 bits per heavy atom. The fraction of sp³-hybridized carbons (Fsp3) is 0.278. The molecular formula is C18H19F3N2O2. The lowest BCUT2D eigenvalue weighted by atomic mass is 10.0. The molecule has 0 bridgehead atoms. The van der Waals surface area contributed by atoms with E-state index in [9.17, 15) is 18.0 Å². The van der Waals surface area contributed by atoms with E-state index in [4.69, 9.17) is 10.5 Å². The first-order valence-corrected chi connectivity index (χ1v) is 7.60. The van der Waals surface area contributed by atoms with Crippen LogP contribution in [0, 0.1) is 0 Å². The quantitative estimate of drug-likeness (QED) is 0.839. The number of methoxy groups -OCH3 is 1. The van der Waals surface area contributed by atoms with Crippen molar-refractivity contribution in [3.8, 4) is 0 Å². The van der Waals surface area contributed by atoms with E-state index in [1.54, 1.807) is 30.3 Å². The molecule has 0 aliphatic heterocycles. The number of ether oxygens (including phenoxy) is 1. The van der Waals surface area contributed by atoms with E-state index in [-0.39, 0.29) is 6.61 Å². The van der Waals surface area contributed by atoms with Crippen LogP contribution < -0.4 is 11.1 Å². The van der Waals surface area contributed by atoms with Crippen LogP contribution in [0.3, 0.4) is 0 Å². The SMILES string of the molecule is COCC(NC(=O)C(N)c1ccccc1)c1cccc(C(F)(F)F)c1. The molecule has 0 heterocycles. The van der Waals surface area contributed by atoms with Crippen LogP contribution in [0.25, 0.3) is 0 Å². The summed E-state index contributed by atoms with van der Waals surface area (Å²) in [6.45, 7) is 0.0224. The van der Waals surface area contributed by atoms with E-state index in [1.807, 2.05) is 0 Å². The standard InChI is InChI=1S/C18H19F3N2O2/c1-25-11-15(13-8-5-9-14(10-13)18(19,20)21)23-17(24)16(22)12-6-3-2-4-7-12/h2-10,15-16H,11,22H2,1H3,(H,23,24). The number of hydrogen-bond donors (Lipinski definition) is 2. The molecule has 3 N–H and O–H groups in total. The summed E-state index contributed by atoms with van der Waals surface area (Å²) in [6.07, 6.45) is -4.46. The van der Waals surface area contributed by atoms with Gasteiger partial charge in [-0.05, 0) is 23.3 Å². The first kappa shape index (κ1) is 19.0. The summed E-state index contributed by atoms with van der Waals surface area (Å²) in [5.74, 6) is -0.495. The van der Waals surface area contributed by atoms with Gasteiger partial charge in [-0.25, -0.2) is 0 Å². The second kappa shape index (κ2) is 8.13. The van der Waals surface area contributed by atoms with Gasteiger partial charge >= 0.3 is 6.18 Å². The predicted molar refractivity (Wildman–Crippen MR) is 87.6 cm³/mol. The largest absolute Gasteiger partial charge is 0.416 e. The van der Waals surface area contributed by atoms with Gasteiger partial charge in [0.15, 0.2) is 0 Å². The van der Waals surface area contributed by atoms with E-state index in [2.05, 4.69) is 5.32 Å². The third-order valence-corrected chi connectivity index (χ3v) is 3.71. The molecule has 134 valence electrons. The fourth-order valence-electron chi connectivity index (χ4n) is 2.39. The van der Waals surface area contributed by atoms with Gasteiger partial charge in [-0.1, -0.05) is 42.5 Å². The minimum Gasteiger partial charge on any atom is -0.382 e.